The highest BCUT2D eigenvalue weighted by Crippen LogP contribution is 2.25. The number of aryl methyl sites for hydroxylation is 1. The lowest BCUT2D eigenvalue weighted by atomic mass is 10.1. The Labute approximate surface area is 152 Å². The lowest BCUT2D eigenvalue weighted by Gasteiger charge is -2.12. The summed E-state index contributed by atoms with van der Waals surface area (Å²) in [6.45, 7) is 2.60. The van der Waals surface area contributed by atoms with Gasteiger partial charge >= 0.3 is 0 Å². The predicted octanol–water partition coefficient (Wildman–Crippen LogP) is 4.58. The normalized spacial score (nSPS) is 11.8. The Morgan fingerprint density at radius 1 is 1.17 bits per heavy atom. The van der Waals surface area contributed by atoms with Crippen LogP contribution in [-0.4, -0.2) is 24.8 Å². The molecule has 0 radical (unpaired) electrons. The van der Waals surface area contributed by atoms with Gasteiger partial charge in [-0.3, -0.25) is 4.79 Å². The molecule has 0 aliphatic heterocycles. The van der Waals surface area contributed by atoms with Crippen LogP contribution >= 0.6 is 23.4 Å². The summed E-state index contributed by atoms with van der Waals surface area (Å²) in [7, 11) is 1.64. The van der Waals surface area contributed by atoms with Crippen LogP contribution in [0.5, 0.6) is 5.75 Å². The van der Waals surface area contributed by atoms with Crippen molar-refractivity contribution < 1.29 is 9.53 Å². The molecule has 1 N–H and O–H groups in total. The molecule has 24 heavy (non-hydrogen) atoms. The van der Waals surface area contributed by atoms with Gasteiger partial charge in [-0.15, -0.1) is 11.8 Å². The van der Waals surface area contributed by atoms with Crippen LogP contribution in [0.15, 0.2) is 53.4 Å². The standard InChI is InChI=1S/C19H22ClNO2S/c1-14(24-18-11-9-17(23-2)10-12-18)19(22)21-13-3-4-15-5-7-16(20)8-6-15/h5-12,14H,3-4,13H2,1-2H3,(H,21,22)/t14-/m0/s1. The first-order valence-electron chi connectivity index (χ1n) is 7.91. The molecule has 0 aliphatic rings. The van der Waals surface area contributed by atoms with E-state index in [0.717, 1.165) is 28.5 Å². The predicted molar refractivity (Wildman–Crippen MR) is 101 cm³/mol. The summed E-state index contributed by atoms with van der Waals surface area (Å²) in [5.74, 6) is 0.880. The van der Waals surface area contributed by atoms with Gasteiger partial charge in [-0.05, 0) is 61.7 Å². The number of amides is 1. The highest BCUT2D eigenvalue weighted by atomic mass is 35.5. The number of carbonyl (C=O) groups is 1. The largest absolute Gasteiger partial charge is 0.497 e. The number of hydrogen-bond acceptors (Lipinski definition) is 3. The third kappa shape index (κ3) is 6.10. The average molecular weight is 364 g/mol. The molecular formula is C19H22ClNO2S. The van der Waals surface area contributed by atoms with E-state index in [4.69, 9.17) is 16.3 Å². The van der Waals surface area contributed by atoms with Gasteiger partial charge in [0.2, 0.25) is 5.91 Å². The minimum atomic E-state index is -0.131. The minimum absolute atomic E-state index is 0.0620. The Balaban J connectivity index is 1.70. The number of hydrogen-bond donors (Lipinski definition) is 1. The van der Waals surface area contributed by atoms with Crippen molar-refractivity contribution in [1.82, 2.24) is 5.32 Å². The van der Waals surface area contributed by atoms with Crippen LogP contribution in [0.4, 0.5) is 0 Å². The maximum atomic E-state index is 12.2. The van der Waals surface area contributed by atoms with Gasteiger partial charge in [0.1, 0.15) is 5.75 Å². The molecule has 2 aromatic rings. The summed E-state index contributed by atoms with van der Waals surface area (Å²) in [6, 6.07) is 15.6. The third-order valence-electron chi connectivity index (χ3n) is 3.60. The summed E-state index contributed by atoms with van der Waals surface area (Å²) in [5, 5.41) is 3.61. The van der Waals surface area contributed by atoms with Crippen LogP contribution in [-0.2, 0) is 11.2 Å². The number of carbonyl (C=O) groups excluding carboxylic acids is 1. The summed E-state index contributed by atoms with van der Waals surface area (Å²) in [6.07, 6.45) is 1.84. The molecule has 1 atom stereocenters. The number of thioether (sulfide) groups is 1. The zero-order chi connectivity index (χ0) is 17.4. The number of halogens is 1. The SMILES string of the molecule is COc1ccc(S[C@@H](C)C(=O)NCCCc2ccc(Cl)cc2)cc1. The highest BCUT2D eigenvalue weighted by Gasteiger charge is 2.13. The Bertz CT molecular complexity index is 643. The van der Waals surface area contributed by atoms with E-state index in [1.165, 1.54) is 5.56 Å². The topological polar surface area (TPSA) is 38.3 Å². The molecule has 2 aromatic carbocycles. The van der Waals surface area contributed by atoms with Gasteiger partial charge < -0.3 is 10.1 Å². The fourth-order valence-electron chi connectivity index (χ4n) is 2.21. The van der Waals surface area contributed by atoms with E-state index in [-0.39, 0.29) is 11.2 Å². The molecule has 0 aromatic heterocycles. The second-order valence-electron chi connectivity index (χ2n) is 5.46. The lowest BCUT2D eigenvalue weighted by molar-refractivity contribution is -0.120. The quantitative estimate of drug-likeness (QED) is 0.551. The van der Waals surface area contributed by atoms with Crippen molar-refractivity contribution in [1.29, 1.82) is 0 Å². The van der Waals surface area contributed by atoms with Crippen molar-refractivity contribution in [2.75, 3.05) is 13.7 Å². The van der Waals surface area contributed by atoms with Crippen LogP contribution in [0, 0.1) is 0 Å². The zero-order valence-corrected chi connectivity index (χ0v) is 15.5. The lowest BCUT2D eigenvalue weighted by Crippen LogP contribution is -2.31. The van der Waals surface area contributed by atoms with Crippen LogP contribution < -0.4 is 10.1 Å². The number of rotatable bonds is 8. The van der Waals surface area contributed by atoms with Gasteiger partial charge in [0.05, 0.1) is 12.4 Å². The summed E-state index contributed by atoms with van der Waals surface area (Å²) in [5.41, 5.74) is 1.23. The number of benzene rings is 2. The van der Waals surface area contributed by atoms with Gasteiger partial charge in [-0.1, -0.05) is 23.7 Å². The first kappa shape index (κ1) is 18.7. The van der Waals surface area contributed by atoms with Crippen molar-refractivity contribution in [3.05, 3.63) is 59.1 Å². The molecule has 128 valence electrons. The fraction of sp³-hybridized carbons (Fsp3) is 0.316. The Hall–Kier alpha value is -1.65. The Kier molecular flexibility index (Phi) is 7.47. The van der Waals surface area contributed by atoms with Crippen molar-refractivity contribution in [2.45, 2.75) is 29.9 Å². The van der Waals surface area contributed by atoms with Gasteiger partial charge in [0.15, 0.2) is 0 Å². The first-order valence-corrected chi connectivity index (χ1v) is 9.17. The first-order chi connectivity index (χ1) is 11.6. The van der Waals surface area contributed by atoms with Crippen LogP contribution in [0.25, 0.3) is 0 Å². The molecule has 0 aliphatic carbocycles. The van der Waals surface area contributed by atoms with E-state index in [1.54, 1.807) is 18.9 Å². The average Bonchev–Trinajstić information content (AvgIpc) is 2.60. The maximum absolute atomic E-state index is 12.2. The van der Waals surface area contributed by atoms with E-state index in [1.807, 2.05) is 55.5 Å². The Morgan fingerprint density at radius 2 is 1.83 bits per heavy atom. The van der Waals surface area contributed by atoms with Crippen molar-refractivity contribution >= 4 is 29.3 Å². The van der Waals surface area contributed by atoms with Crippen molar-refractivity contribution in [3.63, 3.8) is 0 Å². The molecular weight excluding hydrogens is 342 g/mol. The van der Waals surface area contributed by atoms with Crippen molar-refractivity contribution in [2.24, 2.45) is 0 Å². The molecule has 0 fully saturated rings. The van der Waals surface area contributed by atoms with Crippen LogP contribution in [0.2, 0.25) is 5.02 Å². The van der Waals surface area contributed by atoms with Gasteiger partial charge in [-0.25, -0.2) is 0 Å². The number of methoxy groups -OCH3 is 1. The summed E-state index contributed by atoms with van der Waals surface area (Å²) >= 11 is 7.41. The molecule has 0 spiro atoms. The van der Waals surface area contributed by atoms with Crippen LogP contribution in [0.1, 0.15) is 18.9 Å². The maximum Gasteiger partial charge on any atom is 0.233 e. The van der Waals surface area contributed by atoms with E-state index >= 15 is 0 Å². The van der Waals surface area contributed by atoms with E-state index in [9.17, 15) is 4.79 Å². The third-order valence-corrected chi connectivity index (χ3v) is 4.96. The van der Waals surface area contributed by atoms with E-state index in [0.29, 0.717) is 6.54 Å². The van der Waals surface area contributed by atoms with Crippen molar-refractivity contribution in [3.8, 4) is 5.75 Å². The molecule has 0 heterocycles. The Morgan fingerprint density at radius 3 is 2.46 bits per heavy atom. The summed E-state index contributed by atoms with van der Waals surface area (Å²) in [4.78, 5) is 13.2. The molecule has 0 unspecified atom stereocenters. The zero-order valence-electron chi connectivity index (χ0n) is 13.9. The monoisotopic (exact) mass is 363 g/mol. The smallest absolute Gasteiger partial charge is 0.233 e. The van der Waals surface area contributed by atoms with Gasteiger partial charge in [0.25, 0.3) is 0 Å². The molecule has 5 heteroatoms. The number of nitrogens with one attached hydrogen (secondary N) is 1. The second kappa shape index (κ2) is 9.60. The highest BCUT2D eigenvalue weighted by molar-refractivity contribution is 8.00. The van der Waals surface area contributed by atoms with E-state index < -0.39 is 0 Å². The van der Waals surface area contributed by atoms with Crippen LogP contribution in [0.3, 0.4) is 0 Å². The molecule has 2 rings (SSSR count). The molecule has 0 saturated carbocycles. The number of ether oxygens (including phenoxy) is 1. The molecule has 3 nitrogen and oxygen atoms in total. The second-order valence-corrected chi connectivity index (χ2v) is 7.31. The molecule has 1 amide bonds. The van der Waals surface area contributed by atoms with E-state index in [2.05, 4.69) is 5.32 Å². The fourth-order valence-corrected chi connectivity index (χ4v) is 3.23. The molecule has 0 saturated heterocycles. The van der Waals surface area contributed by atoms with Gasteiger partial charge in [0, 0.05) is 16.5 Å². The minimum Gasteiger partial charge on any atom is -0.497 e. The molecule has 0 bridgehead atoms. The summed E-state index contributed by atoms with van der Waals surface area (Å²) < 4.78 is 5.13. The van der Waals surface area contributed by atoms with Gasteiger partial charge in [-0.2, -0.15) is 0 Å².